The molecule has 0 saturated carbocycles. The number of imidazole rings is 1. The minimum atomic E-state index is -4.06. The first kappa shape index (κ1) is 19.4. The fourth-order valence-electron chi connectivity index (χ4n) is 3.33. The fraction of sp³-hybridized carbons (Fsp3) is 0.474. The first-order valence-corrected chi connectivity index (χ1v) is 9.05. The molecule has 0 radical (unpaired) electrons. The molecule has 1 fully saturated rings. The van der Waals surface area contributed by atoms with Crippen LogP contribution >= 0.6 is 0 Å². The van der Waals surface area contributed by atoms with E-state index in [0.29, 0.717) is 19.0 Å². The molecule has 2 N–H and O–H groups in total. The monoisotopic (exact) mass is 379 g/mol. The molecule has 0 unspecified atom stereocenters. The van der Waals surface area contributed by atoms with Crippen molar-refractivity contribution >= 4 is 12.2 Å². The number of nitrogens with zero attached hydrogens (tertiary/aromatic N) is 4. The highest BCUT2D eigenvalue weighted by Gasteiger charge is 2.40. The zero-order chi connectivity index (χ0) is 19.4. The Bertz CT molecular complexity index is 789. The van der Waals surface area contributed by atoms with E-state index in [9.17, 15) is 13.2 Å². The molecular weight excluding hydrogens is 355 g/mol. The van der Waals surface area contributed by atoms with Gasteiger partial charge in [0.15, 0.2) is 0 Å². The van der Waals surface area contributed by atoms with Crippen molar-refractivity contribution < 1.29 is 13.2 Å². The molecule has 1 aromatic carbocycles. The number of alkyl halides is 3. The third-order valence-corrected chi connectivity index (χ3v) is 4.88. The first-order chi connectivity index (χ1) is 12.8. The van der Waals surface area contributed by atoms with Gasteiger partial charge in [-0.05, 0) is 50.4 Å². The third-order valence-electron chi connectivity index (χ3n) is 4.88. The van der Waals surface area contributed by atoms with Crippen molar-refractivity contribution in [1.29, 1.82) is 0 Å². The van der Waals surface area contributed by atoms with E-state index in [2.05, 4.69) is 15.0 Å². The summed E-state index contributed by atoms with van der Waals surface area (Å²) in [7, 11) is 0. The molecule has 27 heavy (non-hydrogen) atoms. The SMILES string of the molecule is Cc1cn(N=Cc2cccc(CCN3CCC(C(F)(F)F)CC3)c2)c(N)n1. The predicted octanol–water partition coefficient (Wildman–Crippen LogP) is 3.47. The number of hydrogen-bond acceptors (Lipinski definition) is 4. The number of aromatic nitrogens is 2. The topological polar surface area (TPSA) is 59.4 Å². The maximum atomic E-state index is 12.7. The summed E-state index contributed by atoms with van der Waals surface area (Å²) in [5, 5.41) is 4.31. The summed E-state index contributed by atoms with van der Waals surface area (Å²) >= 11 is 0. The van der Waals surface area contributed by atoms with Gasteiger partial charge in [-0.25, -0.2) is 9.66 Å². The molecule has 1 saturated heterocycles. The van der Waals surface area contributed by atoms with E-state index in [1.54, 1.807) is 12.4 Å². The third kappa shape index (κ3) is 5.32. The number of benzene rings is 1. The van der Waals surface area contributed by atoms with Gasteiger partial charge >= 0.3 is 6.18 Å². The highest BCUT2D eigenvalue weighted by atomic mass is 19.4. The quantitative estimate of drug-likeness (QED) is 0.810. The number of piperidine rings is 1. The molecule has 1 aromatic heterocycles. The van der Waals surface area contributed by atoms with Gasteiger partial charge in [-0.2, -0.15) is 18.3 Å². The molecule has 1 aliphatic heterocycles. The Kier molecular flexibility index (Phi) is 5.84. The van der Waals surface area contributed by atoms with Crippen molar-refractivity contribution in [3.63, 3.8) is 0 Å². The average Bonchev–Trinajstić information content (AvgIpc) is 2.95. The van der Waals surface area contributed by atoms with Crippen LogP contribution in [0.25, 0.3) is 0 Å². The lowest BCUT2D eigenvalue weighted by atomic mass is 9.96. The number of aryl methyl sites for hydroxylation is 1. The van der Waals surface area contributed by atoms with Crippen LogP contribution in [-0.4, -0.2) is 46.6 Å². The minimum absolute atomic E-state index is 0.196. The molecule has 2 heterocycles. The van der Waals surface area contributed by atoms with E-state index in [0.717, 1.165) is 29.8 Å². The molecule has 0 amide bonds. The Labute approximate surface area is 156 Å². The number of halogens is 3. The Morgan fingerprint density at radius 2 is 2.04 bits per heavy atom. The summed E-state index contributed by atoms with van der Waals surface area (Å²) in [6.45, 7) is 3.62. The van der Waals surface area contributed by atoms with Gasteiger partial charge in [0.05, 0.1) is 24.0 Å². The van der Waals surface area contributed by atoms with Crippen LogP contribution in [0.3, 0.4) is 0 Å². The molecule has 0 aliphatic carbocycles. The molecule has 0 bridgehead atoms. The number of rotatable bonds is 5. The number of nitrogens with two attached hydrogens (primary N) is 1. The normalized spacial score (nSPS) is 17.0. The highest BCUT2D eigenvalue weighted by molar-refractivity contribution is 5.79. The maximum absolute atomic E-state index is 12.7. The maximum Gasteiger partial charge on any atom is 0.391 e. The van der Waals surface area contributed by atoms with Gasteiger partial charge in [-0.3, -0.25) is 0 Å². The van der Waals surface area contributed by atoms with Gasteiger partial charge in [0.25, 0.3) is 0 Å². The molecule has 2 aromatic rings. The van der Waals surface area contributed by atoms with Gasteiger partial charge in [-0.15, -0.1) is 0 Å². The molecule has 0 atom stereocenters. The van der Waals surface area contributed by atoms with Crippen molar-refractivity contribution in [1.82, 2.24) is 14.6 Å². The second kappa shape index (κ2) is 8.12. The minimum Gasteiger partial charge on any atom is -0.368 e. The molecule has 3 rings (SSSR count). The Balaban J connectivity index is 1.53. The van der Waals surface area contributed by atoms with Crippen LogP contribution in [0.15, 0.2) is 35.6 Å². The van der Waals surface area contributed by atoms with Crippen molar-refractivity contribution in [3.05, 3.63) is 47.3 Å². The second-order valence-corrected chi connectivity index (χ2v) is 6.98. The lowest BCUT2D eigenvalue weighted by Gasteiger charge is -2.32. The van der Waals surface area contributed by atoms with Crippen LogP contribution < -0.4 is 5.73 Å². The molecule has 5 nitrogen and oxygen atoms in total. The molecule has 8 heteroatoms. The summed E-state index contributed by atoms with van der Waals surface area (Å²) in [4.78, 5) is 6.20. The summed E-state index contributed by atoms with van der Waals surface area (Å²) in [6, 6.07) is 7.96. The summed E-state index contributed by atoms with van der Waals surface area (Å²) in [6.07, 6.45) is 0.599. The number of hydrogen-bond donors (Lipinski definition) is 1. The molecular formula is C19H24F3N5. The molecule has 146 valence electrons. The number of likely N-dealkylation sites (tertiary alicyclic amines) is 1. The summed E-state index contributed by atoms with van der Waals surface area (Å²) in [5.74, 6) is -0.810. The molecule has 0 spiro atoms. The van der Waals surface area contributed by atoms with E-state index < -0.39 is 12.1 Å². The van der Waals surface area contributed by atoms with E-state index in [1.807, 2.05) is 31.2 Å². The lowest BCUT2D eigenvalue weighted by Crippen LogP contribution is -2.39. The van der Waals surface area contributed by atoms with Crippen LogP contribution in [0.1, 0.15) is 29.7 Å². The fourth-order valence-corrected chi connectivity index (χ4v) is 3.33. The van der Waals surface area contributed by atoms with Crippen molar-refractivity contribution in [2.24, 2.45) is 11.0 Å². The number of nitrogen functional groups attached to an aromatic ring is 1. The Hall–Kier alpha value is -2.35. The lowest BCUT2D eigenvalue weighted by molar-refractivity contribution is -0.185. The zero-order valence-electron chi connectivity index (χ0n) is 15.3. The zero-order valence-corrected chi connectivity index (χ0v) is 15.3. The van der Waals surface area contributed by atoms with Gasteiger partial charge in [0, 0.05) is 6.54 Å². The Morgan fingerprint density at radius 1 is 1.30 bits per heavy atom. The van der Waals surface area contributed by atoms with Gasteiger partial charge in [-0.1, -0.05) is 24.3 Å². The Morgan fingerprint density at radius 3 is 2.67 bits per heavy atom. The van der Waals surface area contributed by atoms with Crippen LogP contribution in [0, 0.1) is 12.8 Å². The van der Waals surface area contributed by atoms with E-state index in [1.165, 1.54) is 4.68 Å². The second-order valence-electron chi connectivity index (χ2n) is 6.98. The average molecular weight is 379 g/mol. The standard InChI is InChI=1S/C19H24F3N5/c1-14-13-27(18(23)25-14)24-12-16-4-2-3-15(11-16)5-8-26-9-6-17(7-10-26)19(20,21)22/h2-4,11-13,17H,5-10H2,1H3,(H2,23,25). The van der Waals surface area contributed by atoms with Crippen LogP contribution in [0.4, 0.5) is 19.1 Å². The predicted molar refractivity (Wildman–Crippen MR) is 99.7 cm³/mol. The molecule has 1 aliphatic rings. The largest absolute Gasteiger partial charge is 0.391 e. The van der Waals surface area contributed by atoms with Crippen LogP contribution in [0.2, 0.25) is 0 Å². The highest BCUT2D eigenvalue weighted by Crippen LogP contribution is 2.34. The van der Waals surface area contributed by atoms with Gasteiger partial charge in [0.2, 0.25) is 5.95 Å². The van der Waals surface area contributed by atoms with Crippen molar-refractivity contribution in [3.8, 4) is 0 Å². The van der Waals surface area contributed by atoms with Gasteiger partial charge < -0.3 is 10.6 Å². The van der Waals surface area contributed by atoms with E-state index >= 15 is 0 Å². The van der Waals surface area contributed by atoms with Gasteiger partial charge in [0.1, 0.15) is 0 Å². The van der Waals surface area contributed by atoms with Crippen LogP contribution in [-0.2, 0) is 6.42 Å². The van der Waals surface area contributed by atoms with Crippen molar-refractivity contribution in [2.75, 3.05) is 25.4 Å². The summed E-state index contributed by atoms with van der Waals surface area (Å²) in [5.41, 5.74) is 8.63. The smallest absolute Gasteiger partial charge is 0.368 e. The van der Waals surface area contributed by atoms with E-state index in [-0.39, 0.29) is 12.8 Å². The van der Waals surface area contributed by atoms with Crippen LogP contribution in [0.5, 0.6) is 0 Å². The van der Waals surface area contributed by atoms with Crippen molar-refractivity contribution in [2.45, 2.75) is 32.4 Å². The summed E-state index contributed by atoms with van der Waals surface area (Å²) < 4.78 is 39.7. The number of anilines is 1. The first-order valence-electron chi connectivity index (χ1n) is 9.05. The van der Waals surface area contributed by atoms with E-state index in [4.69, 9.17) is 5.73 Å².